The second-order valence-corrected chi connectivity index (χ2v) is 10.8. The van der Waals surface area contributed by atoms with E-state index in [9.17, 15) is 22.8 Å². The third-order valence-electron chi connectivity index (χ3n) is 6.43. The summed E-state index contributed by atoms with van der Waals surface area (Å²) in [6, 6.07) is 13.0. The summed E-state index contributed by atoms with van der Waals surface area (Å²) in [5.74, 6) is -1.10. The number of carbonyl (C=O) groups excluding carboxylic acids is 3. The summed E-state index contributed by atoms with van der Waals surface area (Å²) in [6.45, 7) is 7.67. The Morgan fingerprint density at radius 1 is 1.06 bits per heavy atom. The third-order valence-corrected chi connectivity index (χ3v) is 8.27. The van der Waals surface area contributed by atoms with Crippen molar-refractivity contribution in [3.8, 4) is 0 Å². The van der Waals surface area contributed by atoms with Crippen LogP contribution < -0.4 is 5.32 Å². The van der Waals surface area contributed by atoms with Crippen LogP contribution in [0.15, 0.2) is 53.4 Å². The van der Waals surface area contributed by atoms with Crippen molar-refractivity contribution in [3.63, 3.8) is 0 Å². The lowest BCUT2D eigenvalue weighted by Crippen LogP contribution is -2.49. The van der Waals surface area contributed by atoms with Crippen molar-refractivity contribution in [2.75, 3.05) is 6.54 Å². The fourth-order valence-corrected chi connectivity index (χ4v) is 5.60. The molecule has 3 amide bonds. The van der Waals surface area contributed by atoms with Gasteiger partial charge < -0.3 is 10.2 Å². The van der Waals surface area contributed by atoms with Crippen molar-refractivity contribution >= 4 is 27.7 Å². The molecule has 0 aliphatic carbocycles. The van der Waals surface area contributed by atoms with Gasteiger partial charge in [0, 0.05) is 25.6 Å². The predicted molar refractivity (Wildman–Crippen MR) is 133 cm³/mol. The van der Waals surface area contributed by atoms with Gasteiger partial charge in [0.25, 0.3) is 15.9 Å². The highest BCUT2D eigenvalue weighted by Gasteiger charge is 2.40. The molecule has 1 N–H and O–H groups in total. The molecule has 8 nitrogen and oxygen atoms in total. The fraction of sp³-hybridized carbons (Fsp3) is 0.423. The molecule has 1 heterocycles. The first-order chi connectivity index (χ1) is 16.6. The molecule has 2 aromatic rings. The van der Waals surface area contributed by atoms with Gasteiger partial charge in [-0.25, -0.2) is 12.7 Å². The number of hydrogen-bond acceptors (Lipinski definition) is 5. The molecule has 9 heteroatoms. The van der Waals surface area contributed by atoms with Gasteiger partial charge in [-0.1, -0.05) is 43.3 Å². The van der Waals surface area contributed by atoms with Crippen LogP contribution in [-0.4, -0.2) is 54.0 Å². The number of sulfonamides is 1. The van der Waals surface area contributed by atoms with E-state index in [2.05, 4.69) is 5.32 Å². The summed E-state index contributed by atoms with van der Waals surface area (Å²) in [5.41, 5.74) is 2.08. The SMILES string of the molecule is CCC(C)NC(=O)C(C)N(Cc1ccccc1C)C(=O)CCCN1C(=O)c2ccccc2S1(=O)=O. The van der Waals surface area contributed by atoms with Crippen LogP contribution in [0, 0.1) is 6.92 Å². The molecule has 0 bridgehead atoms. The first kappa shape index (κ1) is 26.4. The van der Waals surface area contributed by atoms with Crippen LogP contribution >= 0.6 is 0 Å². The number of carbonyl (C=O) groups is 3. The van der Waals surface area contributed by atoms with Crippen LogP contribution in [0.3, 0.4) is 0 Å². The zero-order valence-electron chi connectivity index (χ0n) is 20.7. The highest BCUT2D eigenvalue weighted by molar-refractivity contribution is 7.90. The molecule has 0 saturated heterocycles. The maximum atomic E-state index is 13.3. The smallest absolute Gasteiger partial charge is 0.269 e. The molecule has 1 aliphatic rings. The van der Waals surface area contributed by atoms with Crippen molar-refractivity contribution in [1.29, 1.82) is 0 Å². The minimum Gasteiger partial charge on any atom is -0.352 e. The lowest BCUT2D eigenvalue weighted by molar-refractivity contribution is -0.141. The van der Waals surface area contributed by atoms with E-state index in [-0.39, 0.29) is 54.2 Å². The molecule has 0 aromatic heterocycles. The summed E-state index contributed by atoms with van der Waals surface area (Å²) < 4.78 is 26.4. The lowest BCUT2D eigenvalue weighted by Gasteiger charge is -2.30. The molecule has 0 saturated carbocycles. The normalized spacial score (nSPS) is 15.9. The molecular formula is C26H33N3O5S. The summed E-state index contributed by atoms with van der Waals surface area (Å²) in [5, 5.41) is 2.93. The van der Waals surface area contributed by atoms with E-state index >= 15 is 0 Å². The quantitative estimate of drug-likeness (QED) is 0.540. The third kappa shape index (κ3) is 5.73. The molecule has 188 valence electrons. The minimum absolute atomic E-state index is 0.00246. The molecule has 2 aromatic carbocycles. The van der Waals surface area contributed by atoms with Crippen LogP contribution in [-0.2, 0) is 26.2 Å². The zero-order chi connectivity index (χ0) is 25.8. The van der Waals surface area contributed by atoms with Crippen molar-refractivity contribution in [1.82, 2.24) is 14.5 Å². The van der Waals surface area contributed by atoms with Crippen LogP contribution in [0.25, 0.3) is 0 Å². The number of hydrogen-bond donors (Lipinski definition) is 1. The van der Waals surface area contributed by atoms with Gasteiger partial charge in [0.15, 0.2) is 0 Å². The Bertz CT molecular complexity index is 1210. The van der Waals surface area contributed by atoms with Gasteiger partial charge in [-0.15, -0.1) is 0 Å². The Morgan fingerprint density at radius 3 is 2.37 bits per heavy atom. The van der Waals surface area contributed by atoms with Crippen molar-refractivity contribution in [2.24, 2.45) is 0 Å². The highest BCUT2D eigenvalue weighted by atomic mass is 32.2. The van der Waals surface area contributed by atoms with E-state index in [1.54, 1.807) is 19.1 Å². The number of nitrogens with one attached hydrogen (secondary N) is 1. The van der Waals surface area contributed by atoms with Crippen LogP contribution in [0.4, 0.5) is 0 Å². The molecule has 0 radical (unpaired) electrons. The van der Waals surface area contributed by atoms with Crippen molar-refractivity contribution < 1.29 is 22.8 Å². The summed E-state index contributed by atoms with van der Waals surface area (Å²) in [4.78, 5) is 40.3. The Labute approximate surface area is 207 Å². The molecule has 2 atom stereocenters. The first-order valence-electron chi connectivity index (χ1n) is 11.9. The lowest BCUT2D eigenvalue weighted by atomic mass is 10.1. The molecule has 2 unspecified atom stereocenters. The second kappa shape index (κ2) is 11.0. The number of benzene rings is 2. The van der Waals surface area contributed by atoms with Crippen molar-refractivity contribution in [3.05, 3.63) is 65.2 Å². The fourth-order valence-electron chi connectivity index (χ4n) is 3.99. The van der Waals surface area contributed by atoms with Crippen LogP contribution in [0.2, 0.25) is 0 Å². The Kier molecular flexibility index (Phi) is 8.32. The van der Waals surface area contributed by atoms with Gasteiger partial charge in [-0.05, 0) is 56.9 Å². The van der Waals surface area contributed by atoms with E-state index in [1.165, 1.54) is 17.0 Å². The zero-order valence-corrected chi connectivity index (χ0v) is 21.5. The molecule has 0 spiro atoms. The number of amides is 3. The largest absolute Gasteiger partial charge is 0.352 e. The van der Waals surface area contributed by atoms with Gasteiger partial charge in [0.05, 0.1) is 5.56 Å². The average molecular weight is 500 g/mol. The van der Waals surface area contributed by atoms with E-state index < -0.39 is 22.0 Å². The highest BCUT2D eigenvalue weighted by Crippen LogP contribution is 2.30. The molecular weight excluding hydrogens is 466 g/mol. The molecule has 35 heavy (non-hydrogen) atoms. The first-order valence-corrected chi connectivity index (χ1v) is 13.3. The maximum absolute atomic E-state index is 13.3. The molecule has 0 fully saturated rings. The second-order valence-electron chi connectivity index (χ2n) is 8.92. The summed E-state index contributed by atoms with van der Waals surface area (Å²) in [6.07, 6.45) is 0.926. The monoisotopic (exact) mass is 499 g/mol. The van der Waals surface area contributed by atoms with Crippen molar-refractivity contribution in [2.45, 2.75) is 70.5 Å². The van der Waals surface area contributed by atoms with E-state index in [0.717, 1.165) is 21.9 Å². The summed E-state index contributed by atoms with van der Waals surface area (Å²) >= 11 is 0. The minimum atomic E-state index is -3.92. The molecule has 3 rings (SSSR count). The van der Waals surface area contributed by atoms with E-state index in [1.807, 2.05) is 45.0 Å². The Balaban J connectivity index is 1.72. The Hall–Kier alpha value is -3.20. The maximum Gasteiger partial charge on any atom is 0.269 e. The van der Waals surface area contributed by atoms with Gasteiger partial charge in [0.2, 0.25) is 11.8 Å². The predicted octanol–water partition coefficient (Wildman–Crippen LogP) is 3.25. The average Bonchev–Trinajstić information content (AvgIpc) is 3.03. The Morgan fingerprint density at radius 2 is 1.71 bits per heavy atom. The number of rotatable bonds is 10. The van der Waals surface area contributed by atoms with Gasteiger partial charge in [-0.2, -0.15) is 0 Å². The number of aryl methyl sites for hydroxylation is 1. The van der Waals surface area contributed by atoms with Gasteiger partial charge in [0.1, 0.15) is 10.9 Å². The van der Waals surface area contributed by atoms with Gasteiger partial charge in [-0.3, -0.25) is 14.4 Å². The number of nitrogens with zero attached hydrogens (tertiary/aromatic N) is 2. The van der Waals surface area contributed by atoms with E-state index in [0.29, 0.717) is 0 Å². The topological polar surface area (TPSA) is 104 Å². The van der Waals surface area contributed by atoms with E-state index in [4.69, 9.17) is 0 Å². The van der Waals surface area contributed by atoms with Gasteiger partial charge >= 0.3 is 0 Å². The molecule has 1 aliphatic heterocycles. The standard InChI is InChI=1S/C26H33N3O5S/c1-5-19(3)27-25(31)20(4)28(17-21-12-7-6-11-18(21)2)24(30)15-10-16-29-26(32)22-13-8-9-14-23(22)35(29,33)34/h6-9,11-14,19-20H,5,10,15-17H2,1-4H3,(H,27,31). The number of fused-ring (bicyclic) bond motifs is 1. The summed E-state index contributed by atoms with van der Waals surface area (Å²) in [7, 11) is -3.92. The van der Waals surface area contributed by atoms with Crippen LogP contribution in [0.5, 0.6) is 0 Å². The van der Waals surface area contributed by atoms with Crippen LogP contribution in [0.1, 0.15) is 61.5 Å².